The molecule has 1 aliphatic rings. The number of aliphatic hydroxyl groups excluding tert-OH is 3. The monoisotopic (exact) mass is 162 g/mol. The number of hydrogen-bond donors (Lipinski definition) is 3. The third kappa shape index (κ3) is 1.41. The molecule has 1 saturated heterocycles. The van der Waals surface area contributed by atoms with Crippen LogP contribution in [0, 0.1) is 0 Å². The van der Waals surface area contributed by atoms with Crippen LogP contribution in [0.2, 0.25) is 0 Å². The molecule has 0 spiro atoms. The van der Waals surface area contributed by atoms with Crippen molar-refractivity contribution in [1.29, 1.82) is 0 Å². The highest BCUT2D eigenvalue weighted by molar-refractivity contribution is 5.81. The Morgan fingerprint density at radius 3 is 2.00 bits per heavy atom. The van der Waals surface area contributed by atoms with E-state index in [0.717, 1.165) is 0 Å². The van der Waals surface area contributed by atoms with E-state index in [1.807, 2.05) is 0 Å². The summed E-state index contributed by atoms with van der Waals surface area (Å²) < 4.78 is 4.55. The first-order valence-corrected chi connectivity index (χ1v) is 3.24. The smallest absolute Gasteiger partial charge is 0.184 e. The summed E-state index contributed by atoms with van der Waals surface area (Å²) in [5.41, 5.74) is 0. The molecule has 0 aromatic rings. The van der Waals surface area contributed by atoms with Crippen LogP contribution in [0.25, 0.3) is 0 Å². The van der Waals surface area contributed by atoms with Crippen molar-refractivity contribution in [2.24, 2.45) is 0 Å². The average Bonchev–Trinajstić information content (AvgIpc) is 2.17. The van der Waals surface area contributed by atoms with Crippen LogP contribution in [0.1, 0.15) is 6.92 Å². The van der Waals surface area contributed by atoms with Gasteiger partial charge in [0.2, 0.25) is 0 Å². The minimum Gasteiger partial charge on any atom is -0.387 e. The number of ketones is 1. The first kappa shape index (κ1) is 8.61. The molecule has 0 aliphatic carbocycles. The second-order valence-corrected chi connectivity index (χ2v) is 2.54. The van der Waals surface area contributed by atoms with Crippen LogP contribution < -0.4 is 0 Å². The summed E-state index contributed by atoms with van der Waals surface area (Å²) in [7, 11) is 0. The van der Waals surface area contributed by atoms with E-state index in [2.05, 4.69) is 4.74 Å². The van der Waals surface area contributed by atoms with Crippen molar-refractivity contribution in [3.8, 4) is 0 Å². The van der Waals surface area contributed by atoms with Gasteiger partial charge in [-0.1, -0.05) is 0 Å². The number of hydrogen-bond acceptors (Lipinski definition) is 5. The molecule has 1 rings (SSSR count). The van der Waals surface area contributed by atoms with Gasteiger partial charge < -0.3 is 20.1 Å². The van der Waals surface area contributed by atoms with Crippen molar-refractivity contribution in [3.05, 3.63) is 0 Å². The Bertz CT molecular complexity index is 168. The highest BCUT2D eigenvalue weighted by atomic mass is 16.6. The van der Waals surface area contributed by atoms with E-state index in [1.165, 1.54) is 6.92 Å². The van der Waals surface area contributed by atoms with Crippen LogP contribution in [0.15, 0.2) is 0 Å². The van der Waals surface area contributed by atoms with Crippen LogP contribution in [0.4, 0.5) is 0 Å². The molecule has 1 aliphatic heterocycles. The predicted molar refractivity (Wildman–Crippen MR) is 33.6 cm³/mol. The average molecular weight is 162 g/mol. The van der Waals surface area contributed by atoms with Gasteiger partial charge in [0.05, 0.1) is 0 Å². The lowest BCUT2D eigenvalue weighted by Crippen LogP contribution is -2.35. The maximum Gasteiger partial charge on any atom is 0.184 e. The van der Waals surface area contributed by atoms with Gasteiger partial charge in [-0.25, -0.2) is 0 Å². The molecule has 5 heteroatoms. The predicted octanol–water partition coefficient (Wildman–Crippen LogP) is -1.99. The number of carbonyl (C=O) groups is 1. The van der Waals surface area contributed by atoms with Crippen LogP contribution >= 0.6 is 0 Å². The standard InChI is InChI=1S/C6H10O5/c1-2(7)5-3(8)4(9)6(10)11-5/h3-6,8-10H,1H3. The summed E-state index contributed by atoms with van der Waals surface area (Å²) in [6, 6.07) is 0. The number of rotatable bonds is 1. The molecule has 1 heterocycles. The number of carbonyl (C=O) groups excluding carboxylic acids is 1. The second kappa shape index (κ2) is 2.86. The molecular weight excluding hydrogens is 152 g/mol. The SMILES string of the molecule is CC(=O)C1OC(O)C(O)C1O. The Morgan fingerprint density at radius 2 is 1.82 bits per heavy atom. The molecule has 11 heavy (non-hydrogen) atoms. The van der Waals surface area contributed by atoms with E-state index in [0.29, 0.717) is 0 Å². The molecule has 5 nitrogen and oxygen atoms in total. The number of Topliss-reactive ketones (excluding diaryl/α,β-unsaturated/α-hetero) is 1. The molecule has 0 aromatic heterocycles. The number of aliphatic hydroxyl groups is 3. The van der Waals surface area contributed by atoms with E-state index in [9.17, 15) is 4.79 Å². The van der Waals surface area contributed by atoms with Crippen molar-refractivity contribution in [2.45, 2.75) is 31.5 Å². The minimum atomic E-state index is -1.46. The van der Waals surface area contributed by atoms with E-state index in [4.69, 9.17) is 15.3 Å². The van der Waals surface area contributed by atoms with E-state index < -0.39 is 30.4 Å². The van der Waals surface area contributed by atoms with Crippen LogP contribution in [0.3, 0.4) is 0 Å². The summed E-state index contributed by atoms with van der Waals surface area (Å²) in [6.45, 7) is 1.22. The van der Waals surface area contributed by atoms with Gasteiger partial charge >= 0.3 is 0 Å². The van der Waals surface area contributed by atoms with Crippen LogP contribution in [0.5, 0.6) is 0 Å². The van der Waals surface area contributed by atoms with Gasteiger partial charge in [-0.15, -0.1) is 0 Å². The zero-order valence-electron chi connectivity index (χ0n) is 5.97. The van der Waals surface area contributed by atoms with E-state index in [-0.39, 0.29) is 0 Å². The quantitative estimate of drug-likeness (QED) is 0.415. The third-order valence-corrected chi connectivity index (χ3v) is 1.64. The normalized spacial score (nSPS) is 44.4. The molecule has 1 fully saturated rings. The summed E-state index contributed by atoms with van der Waals surface area (Å²) in [5.74, 6) is -0.409. The largest absolute Gasteiger partial charge is 0.387 e. The van der Waals surface area contributed by atoms with Crippen molar-refractivity contribution >= 4 is 5.78 Å². The van der Waals surface area contributed by atoms with E-state index in [1.54, 1.807) is 0 Å². The maximum absolute atomic E-state index is 10.6. The van der Waals surface area contributed by atoms with Gasteiger partial charge in [0, 0.05) is 0 Å². The van der Waals surface area contributed by atoms with Gasteiger partial charge in [0.25, 0.3) is 0 Å². The summed E-state index contributed by atoms with van der Waals surface area (Å²) in [6.07, 6.45) is -5.26. The second-order valence-electron chi connectivity index (χ2n) is 2.54. The highest BCUT2D eigenvalue weighted by Gasteiger charge is 2.43. The molecule has 3 N–H and O–H groups in total. The Hall–Kier alpha value is -0.490. The summed E-state index contributed by atoms with van der Waals surface area (Å²) in [4.78, 5) is 10.6. The van der Waals surface area contributed by atoms with Crippen LogP contribution in [-0.4, -0.2) is 45.7 Å². The van der Waals surface area contributed by atoms with Crippen molar-refractivity contribution < 1.29 is 24.9 Å². The molecule has 0 saturated carbocycles. The molecule has 0 amide bonds. The Kier molecular flexibility index (Phi) is 2.24. The van der Waals surface area contributed by atoms with Gasteiger partial charge in [0.15, 0.2) is 12.1 Å². The Balaban J connectivity index is 2.67. The van der Waals surface area contributed by atoms with Crippen LogP contribution in [-0.2, 0) is 9.53 Å². The molecule has 0 radical (unpaired) electrons. The molecule has 0 bridgehead atoms. The molecule has 0 aromatic carbocycles. The number of ether oxygens (including phenoxy) is 1. The molecule has 4 atom stereocenters. The first-order chi connectivity index (χ1) is 5.04. The first-order valence-electron chi connectivity index (χ1n) is 3.24. The zero-order chi connectivity index (χ0) is 8.59. The van der Waals surface area contributed by atoms with E-state index >= 15 is 0 Å². The summed E-state index contributed by atoms with van der Waals surface area (Å²) in [5, 5.41) is 26.8. The lowest BCUT2D eigenvalue weighted by atomic mass is 10.1. The van der Waals surface area contributed by atoms with Gasteiger partial charge in [0.1, 0.15) is 18.3 Å². The molecule has 64 valence electrons. The Morgan fingerprint density at radius 1 is 1.27 bits per heavy atom. The summed E-state index contributed by atoms with van der Waals surface area (Å²) >= 11 is 0. The minimum absolute atomic E-state index is 0.409. The molecular formula is C6H10O5. The lowest BCUT2D eigenvalue weighted by Gasteiger charge is -2.09. The van der Waals surface area contributed by atoms with Gasteiger partial charge in [-0.05, 0) is 6.92 Å². The van der Waals surface area contributed by atoms with Gasteiger partial charge in [-0.3, -0.25) is 4.79 Å². The fourth-order valence-corrected chi connectivity index (χ4v) is 0.995. The fourth-order valence-electron chi connectivity index (χ4n) is 0.995. The van der Waals surface area contributed by atoms with Gasteiger partial charge in [-0.2, -0.15) is 0 Å². The van der Waals surface area contributed by atoms with Crippen molar-refractivity contribution in [2.75, 3.05) is 0 Å². The molecule has 4 unspecified atom stereocenters. The lowest BCUT2D eigenvalue weighted by molar-refractivity contribution is -0.147. The van der Waals surface area contributed by atoms with Crippen molar-refractivity contribution in [1.82, 2.24) is 0 Å². The Labute approximate surface area is 63.2 Å². The highest BCUT2D eigenvalue weighted by Crippen LogP contribution is 2.19. The zero-order valence-corrected chi connectivity index (χ0v) is 5.97. The van der Waals surface area contributed by atoms with Crippen molar-refractivity contribution in [3.63, 3.8) is 0 Å². The topological polar surface area (TPSA) is 87.0 Å². The fraction of sp³-hybridized carbons (Fsp3) is 0.833. The third-order valence-electron chi connectivity index (χ3n) is 1.64. The maximum atomic E-state index is 10.6.